The van der Waals surface area contributed by atoms with E-state index in [1.165, 1.54) is 0 Å². The van der Waals surface area contributed by atoms with Gasteiger partial charge in [0.05, 0.1) is 11.0 Å². The molecule has 0 saturated heterocycles. The van der Waals surface area contributed by atoms with Crippen molar-refractivity contribution in [2.75, 3.05) is 0 Å². The van der Waals surface area contributed by atoms with Crippen molar-refractivity contribution in [1.29, 1.82) is 5.41 Å². The minimum atomic E-state index is -0.746. The molecule has 0 radical (unpaired) electrons. The third-order valence-electron chi connectivity index (χ3n) is 1.17. The van der Waals surface area contributed by atoms with E-state index in [1.807, 2.05) is 0 Å². The van der Waals surface area contributed by atoms with Crippen molar-refractivity contribution >= 4 is 11.5 Å². The highest BCUT2D eigenvalue weighted by atomic mass is 16.6. The Bertz CT molecular complexity index is 301. The maximum atomic E-state index is 10.6. The number of nitrogens with one attached hydrogen (secondary N) is 1. The first kappa shape index (κ1) is 7.33. The van der Waals surface area contributed by atoms with Gasteiger partial charge in [-0.25, -0.2) is 0 Å². The molecule has 5 heteroatoms. The molecule has 0 aromatic carbocycles. The topological polar surface area (TPSA) is 84.1 Å². The highest BCUT2D eigenvalue weighted by molar-refractivity contribution is 6.17. The number of nitrogens with zero attached hydrogens (tertiary/aromatic N) is 1. The van der Waals surface area contributed by atoms with Crippen molar-refractivity contribution in [3.8, 4) is 0 Å². The fraction of sp³-hybridized carbons (Fsp3) is 0. The number of hydrogen-bond acceptors (Lipinski definition) is 4. The average Bonchev–Trinajstić information content (AvgIpc) is 1.94. The Morgan fingerprint density at radius 2 is 2.09 bits per heavy atom. The summed E-state index contributed by atoms with van der Waals surface area (Å²) in [7, 11) is 0. The van der Waals surface area contributed by atoms with Gasteiger partial charge < -0.3 is 0 Å². The Balaban J connectivity index is 3.03. The summed E-state index contributed by atoms with van der Waals surface area (Å²) in [5.41, 5.74) is -0.688. The van der Waals surface area contributed by atoms with Gasteiger partial charge >= 0.3 is 0 Å². The van der Waals surface area contributed by atoms with Crippen molar-refractivity contribution in [2.24, 2.45) is 0 Å². The van der Waals surface area contributed by atoms with E-state index in [1.54, 1.807) is 0 Å². The van der Waals surface area contributed by atoms with Crippen molar-refractivity contribution in [1.82, 2.24) is 0 Å². The second kappa shape index (κ2) is 2.45. The van der Waals surface area contributed by atoms with Crippen LogP contribution in [-0.4, -0.2) is 16.4 Å². The summed E-state index contributed by atoms with van der Waals surface area (Å²) < 4.78 is 0. The van der Waals surface area contributed by atoms with Gasteiger partial charge in [0.25, 0.3) is 5.70 Å². The zero-order chi connectivity index (χ0) is 8.43. The molecule has 1 rings (SSSR count). The number of ketones is 1. The molecule has 0 fully saturated rings. The molecule has 0 bridgehead atoms. The van der Waals surface area contributed by atoms with E-state index in [-0.39, 0.29) is 5.71 Å². The molecule has 0 saturated carbocycles. The van der Waals surface area contributed by atoms with Crippen LogP contribution in [-0.2, 0) is 4.79 Å². The van der Waals surface area contributed by atoms with E-state index < -0.39 is 16.4 Å². The maximum Gasteiger partial charge on any atom is 0.298 e. The van der Waals surface area contributed by atoms with E-state index in [9.17, 15) is 14.9 Å². The fourth-order valence-electron chi connectivity index (χ4n) is 0.663. The van der Waals surface area contributed by atoms with Crippen LogP contribution in [0.25, 0.3) is 0 Å². The first-order valence-electron chi connectivity index (χ1n) is 2.78. The third kappa shape index (κ3) is 1.37. The largest absolute Gasteiger partial charge is 0.298 e. The van der Waals surface area contributed by atoms with Gasteiger partial charge in [0.2, 0.25) is 0 Å². The molecular weight excluding hydrogens is 148 g/mol. The third-order valence-corrected chi connectivity index (χ3v) is 1.17. The summed E-state index contributed by atoms with van der Waals surface area (Å²) in [6.07, 6.45) is 3.07. The monoisotopic (exact) mass is 152 g/mol. The van der Waals surface area contributed by atoms with Gasteiger partial charge in [-0.2, -0.15) is 0 Å². The van der Waals surface area contributed by atoms with Gasteiger partial charge in [0.15, 0.2) is 5.78 Å². The molecule has 1 aliphatic rings. The van der Waals surface area contributed by atoms with E-state index in [2.05, 4.69) is 0 Å². The molecule has 0 unspecified atom stereocenters. The van der Waals surface area contributed by atoms with Crippen LogP contribution in [0.2, 0.25) is 0 Å². The highest BCUT2D eigenvalue weighted by Gasteiger charge is 2.19. The summed E-state index contributed by atoms with van der Waals surface area (Å²) in [5, 5.41) is 17.1. The van der Waals surface area contributed by atoms with Crippen LogP contribution in [0, 0.1) is 15.5 Å². The molecule has 56 valence electrons. The Morgan fingerprint density at radius 1 is 1.45 bits per heavy atom. The second-order valence-corrected chi connectivity index (χ2v) is 1.94. The van der Waals surface area contributed by atoms with Crippen molar-refractivity contribution in [3.05, 3.63) is 34.0 Å². The van der Waals surface area contributed by atoms with Crippen LogP contribution in [0.15, 0.2) is 23.9 Å². The highest BCUT2D eigenvalue weighted by Crippen LogP contribution is 2.05. The number of carbonyl (C=O) groups is 1. The Kier molecular flexibility index (Phi) is 1.63. The van der Waals surface area contributed by atoms with Gasteiger partial charge in [-0.3, -0.25) is 20.3 Å². The fourth-order valence-corrected chi connectivity index (χ4v) is 0.663. The van der Waals surface area contributed by atoms with Crippen LogP contribution in [0.1, 0.15) is 0 Å². The van der Waals surface area contributed by atoms with Crippen molar-refractivity contribution < 1.29 is 9.72 Å². The number of nitro groups is 1. The van der Waals surface area contributed by atoms with Gasteiger partial charge in [-0.15, -0.1) is 0 Å². The van der Waals surface area contributed by atoms with Crippen LogP contribution in [0.5, 0.6) is 0 Å². The van der Waals surface area contributed by atoms with Crippen molar-refractivity contribution in [2.45, 2.75) is 0 Å². The van der Waals surface area contributed by atoms with Gasteiger partial charge in [0, 0.05) is 0 Å². The normalized spacial score (nSPS) is 16.5. The zero-order valence-corrected chi connectivity index (χ0v) is 5.40. The number of carbonyl (C=O) groups excluding carboxylic acids is 1. The summed E-state index contributed by atoms with van der Waals surface area (Å²) in [6, 6.07) is 0. The summed E-state index contributed by atoms with van der Waals surface area (Å²) in [5.74, 6) is -0.451. The molecule has 0 amide bonds. The van der Waals surface area contributed by atoms with E-state index in [0.29, 0.717) is 0 Å². The predicted molar refractivity (Wildman–Crippen MR) is 37.0 cm³/mol. The lowest BCUT2D eigenvalue weighted by molar-refractivity contribution is -0.415. The summed E-state index contributed by atoms with van der Waals surface area (Å²) >= 11 is 0. The molecule has 0 atom stereocenters. The summed E-state index contributed by atoms with van der Waals surface area (Å²) in [6.45, 7) is 0. The van der Waals surface area contributed by atoms with Gasteiger partial charge in [0.1, 0.15) is 5.71 Å². The van der Waals surface area contributed by atoms with E-state index in [4.69, 9.17) is 5.41 Å². The Labute approximate surface area is 61.7 Å². The molecule has 1 aliphatic carbocycles. The first-order chi connectivity index (χ1) is 5.11. The number of rotatable bonds is 1. The summed E-state index contributed by atoms with van der Waals surface area (Å²) in [4.78, 5) is 19.9. The average molecular weight is 152 g/mol. The second-order valence-electron chi connectivity index (χ2n) is 1.94. The number of allylic oxidation sites excluding steroid dienone is 3. The molecule has 0 spiro atoms. The van der Waals surface area contributed by atoms with Crippen molar-refractivity contribution in [3.63, 3.8) is 0 Å². The SMILES string of the molecule is N=C1C=CC(=O)C=C1[N+](=O)[O-]. The lowest BCUT2D eigenvalue weighted by Gasteiger charge is -1.98. The molecule has 0 aliphatic heterocycles. The van der Waals surface area contributed by atoms with E-state index >= 15 is 0 Å². The smallest absolute Gasteiger partial charge is 0.294 e. The van der Waals surface area contributed by atoms with Crippen LogP contribution in [0.4, 0.5) is 0 Å². The lowest BCUT2D eigenvalue weighted by atomic mass is 10.1. The van der Waals surface area contributed by atoms with Crippen LogP contribution < -0.4 is 0 Å². The first-order valence-corrected chi connectivity index (χ1v) is 2.78. The molecule has 1 N–H and O–H groups in total. The van der Waals surface area contributed by atoms with Crippen LogP contribution >= 0.6 is 0 Å². The number of hydrogen-bond donors (Lipinski definition) is 1. The standard InChI is InChI=1S/C6H4N2O3/c7-5-2-1-4(9)3-6(5)8(10)11/h1-3,7H. The molecule has 5 nitrogen and oxygen atoms in total. The molecular formula is C6H4N2O3. The Hall–Kier alpha value is -1.78. The lowest BCUT2D eigenvalue weighted by Crippen LogP contribution is -2.13. The molecule has 0 heterocycles. The predicted octanol–water partition coefficient (Wildman–Crippen LogP) is 0.306. The molecule has 0 aromatic rings. The Morgan fingerprint density at radius 3 is 2.55 bits per heavy atom. The quantitative estimate of drug-likeness (QED) is 0.333. The van der Waals surface area contributed by atoms with Crippen LogP contribution in [0.3, 0.4) is 0 Å². The van der Waals surface area contributed by atoms with Gasteiger partial charge in [-0.1, -0.05) is 0 Å². The molecule has 11 heavy (non-hydrogen) atoms. The minimum absolute atomic E-state index is 0.241. The van der Waals surface area contributed by atoms with Gasteiger partial charge in [-0.05, 0) is 12.2 Å². The molecule has 0 aromatic heterocycles. The zero-order valence-electron chi connectivity index (χ0n) is 5.40. The maximum absolute atomic E-state index is 10.6. The minimum Gasteiger partial charge on any atom is -0.294 e. The van der Waals surface area contributed by atoms with E-state index in [0.717, 1.165) is 18.2 Å².